The van der Waals surface area contributed by atoms with Crippen molar-refractivity contribution >= 4 is 35.1 Å². The van der Waals surface area contributed by atoms with Gasteiger partial charge in [-0.1, -0.05) is 47.8 Å². The lowest BCUT2D eigenvalue weighted by molar-refractivity contribution is -0.138. The third-order valence-corrected chi connectivity index (χ3v) is 8.98. The van der Waals surface area contributed by atoms with Gasteiger partial charge in [-0.3, -0.25) is 8.80 Å². The highest BCUT2D eigenvalue weighted by atomic mass is 32.2. The molecule has 2 aromatic carbocycles. The number of hydrogen-bond acceptors (Lipinski definition) is 10. The van der Waals surface area contributed by atoms with E-state index in [2.05, 4.69) is 39.9 Å². The number of fused-ring (bicyclic) bond motifs is 2. The van der Waals surface area contributed by atoms with E-state index >= 15 is 0 Å². The topological polar surface area (TPSA) is 112 Å². The van der Waals surface area contributed by atoms with E-state index in [9.17, 15) is 26.3 Å². The fraction of sp³-hybridized carbons (Fsp3) is 0.111. The van der Waals surface area contributed by atoms with Crippen molar-refractivity contribution in [3.05, 3.63) is 121 Å². The lowest BCUT2D eigenvalue weighted by Gasteiger charge is -2.10. The minimum atomic E-state index is -4.44. The molecular weight excluding hydrogens is 751 g/mol. The summed E-state index contributed by atoms with van der Waals surface area (Å²) in [5.74, 6) is 0.758. The van der Waals surface area contributed by atoms with E-state index in [0.29, 0.717) is 67.2 Å². The molecule has 272 valence electrons. The predicted molar refractivity (Wildman–Crippen MR) is 192 cm³/mol. The van der Waals surface area contributed by atoms with Crippen LogP contribution in [-0.2, 0) is 12.4 Å². The van der Waals surface area contributed by atoms with E-state index in [1.165, 1.54) is 35.7 Å². The highest BCUT2D eigenvalue weighted by Crippen LogP contribution is 2.37. The molecule has 0 radical (unpaired) electrons. The highest BCUT2D eigenvalue weighted by Gasteiger charge is 2.32. The van der Waals surface area contributed by atoms with E-state index in [1.54, 1.807) is 82.4 Å². The van der Waals surface area contributed by atoms with Crippen molar-refractivity contribution in [1.82, 2.24) is 48.7 Å². The monoisotopic (exact) mass is 774 g/mol. The second kappa shape index (κ2) is 14.9. The van der Waals surface area contributed by atoms with Gasteiger partial charge in [-0.2, -0.15) is 26.3 Å². The molecule has 0 saturated heterocycles. The second-order valence-corrected chi connectivity index (χ2v) is 12.8. The predicted octanol–water partition coefficient (Wildman–Crippen LogP) is 9.19. The van der Waals surface area contributed by atoms with Crippen LogP contribution >= 0.6 is 23.5 Å². The lowest BCUT2D eigenvalue weighted by atomic mass is 10.0. The number of thioether (sulfide) groups is 2. The summed E-state index contributed by atoms with van der Waals surface area (Å²) in [4.78, 5) is 34.6. The van der Waals surface area contributed by atoms with Gasteiger partial charge in [0, 0.05) is 48.3 Å². The standard InChI is InChI=1S/2C18H12F3N5S/c1-27-17-23-8-6-13(24-17)14-15(26-9-3-7-22-16(26)25-14)11-4-2-5-12(10-11)18(19,20)21;1-27-17-23-8-6-13(24-17)15-14(25-16-22-7-3-9-26(15)16)11-4-2-5-12(10-11)18(19,20)21/h2*2-10H,1H3. The Balaban J connectivity index is 0.000000167. The highest BCUT2D eigenvalue weighted by molar-refractivity contribution is 7.98. The Kier molecular flexibility index (Phi) is 10.0. The Bertz CT molecular complexity index is 2600. The van der Waals surface area contributed by atoms with Crippen LogP contribution in [0, 0.1) is 0 Å². The summed E-state index contributed by atoms with van der Waals surface area (Å²) in [6.45, 7) is 0. The van der Waals surface area contributed by atoms with Crippen LogP contribution in [0.3, 0.4) is 0 Å². The molecule has 0 spiro atoms. The maximum absolute atomic E-state index is 13.2. The van der Waals surface area contributed by atoms with Crippen LogP contribution in [0.15, 0.2) is 120 Å². The first-order chi connectivity index (χ1) is 25.9. The smallest absolute Gasteiger partial charge is 0.283 e. The second-order valence-electron chi connectivity index (χ2n) is 11.2. The third-order valence-electron chi connectivity index (χ3n) is 7.85. The first-order valence-electron chi connectivity index (χ1n) is 15.7. The maximum atomic E-state index is 13.2. The molecule has 0 aliphatic rings. The normalized spacial score (nSPS) is 11.9. The van der Waals surface area contributed by atoms with Crippen molar-refractivity contribution in [3.8, 4) is 45.3 Å². The van der Waals surface area contributed by atoms with Gasteiger partial charge in [-0.15, -0.1) is 0 Å². The Morgan fingerprint density at radius 2 is 1.00 bits per heavy atom. The summed E-state index contributed by atoms with van der Waals surface area (Å²) < 4.78 is 82.4. The number of nitrogens with zero attached hydrogens (tertiary/aromatic N) is 10. The minimum absolute atomic E-state index is 0.342. The molecule has 54 heavy (non-hydrogen) atoms. The SMILES string of the molecule is CSc1nccc(-c2c(-c3cccc(C(F)(F)F)c3)nc3ncccn23)n1.CSc1nccc(-c2nc3ncccn3c2-c2cccc(C(F)(F)F)c2)n1. The van der Waals surface area contributed by atoms with E-state index in [-0.39, 0.29) is 0 Å². The van der Waals surface area contributed by atoms with Crippen molar-refractivity contribution < 1.29 is 26.3 Å². The van der Waals surface area contributed by atoms with Gasteiger partial charge in [-0.25, -0.2) is 39.9 Å². The fourth-order valence-corrected chi connectivity index (χ4v) is 6.21. The molecule has 8 rings (SSSR count). The average Bonchev–Trinajstić information content (AvgIpc) is 3.77. The molecule has 6 aromatic heterocycles. The van der Waals surface area contributed by atoms with Gasteiger partial charge < -0.3 is 0 Å². The van der Waals surface area contributed by atoms with Crippen LogP contribution in [0.4, 0.5) is 26.3 Å². The van der Waals surface area contributed by atoms with Crippen LogP contribution < -0.4 is 0 Å². The van der Waals surface area contributed by atoms with Crippen LogP contribution in [0.2, 0.25) is 0 Å². The molecule has 0 atom stereocenters. The van der Waals surface area contributed by atoms with E-state index < -0.39 is 23.5 Å². The Labute approximate surface area is 310 Å². The maximum Gasteiger partial charge on any atom is 0.416 e. The molecule has 6 heterocycles. The Morgan fingerprint density at radius 1 is 0.500 bits per heavy atom. The van der Waals surface area contributed by atoms with Crippen LogP contribution in [0.5, 0.6) is 0 Å². The Morgan fingerprint density at radius 3 is 1.57 bits per heavy atom. The number of imidazole rings is 2. The van der Waals surface area contributed by atoms with Gasteiger partial charge in [0.05, 0.1) is 28.2 Å². The van der Waals surface area contributed by atoms with Crippen LogP contribution in [0.1, 0.15) is 11.1 Å². The number of rotatable bonds is 6. The lowest BCUT2D eigenvalue weighted by Crippen LogP contribution is -2.05. The van der Waals surface area contributed by atoms with Gasteiger partial charge >= 0.3 is 12.4 Å². The Hall–Kier alpha value is -5.88. The first-order valence-corrected chi connectivity index (χ1v) is 18.2. The molecular formula is C36H24F6N10S2. The molecule has 10 nitrogen and oxygen atoms in total. The van der Waals surface area contributed by atoms with Gasteiger partial charge in [0.2, 0.25) is 11.6 Å². The molecule has 0 aliphatic carbocycles. The summed E-state index contributed by atoms with van der Waals surface area (Å²) in [6.07, 6.45) is 4.66. The average molecular weight is 775 g/mol. The minimum Gasteiger partial charge on any atom is -0.283 e. The number of hydrogen-bond donors (Lipinski definition) is 0. The third kappa shape index (κ3) is 7.47. The molecule has 18 heteroatoms. The quantitative estimate of drug-likeness (QED) is 0.0921. The zero-order chi connectivity index (χ0) is 38.0. The zero-order valence-corrected chi connectivity index (χ0v) is 29.6. The van der Waals surface area contributed by atoms with Crippen LogP contribution in [0.25, 0.3) is 56.8 Å². The molecule has 0 aliphatic heterocycles. The van der Waals surface area contributed by atoms with Gasteiger partial charge in [0.15, 0.2) is 10.3 Å². The number of alkyl halides is 6. The van der Waals surface area contributed by atoms with E-state index in [1.807, 2.05) is 12.5 Å². The van der Waals surface area contributed by atoms with Gasteiger partial charge in [-0.05, 0) is 61.0 Å². The van der Waals surface area contributed by atoms with Crippen molar-refractivity contribution in [3.63, 3.8) is 0 Å². The van der Waals surface area contributed by atoms with Crippen molar-refractivity contribution in [1.29, 1.82) is 0 Å². The summed E-state index contributed by atoms with van der Waals surface area (Å²) in [5.41, 5.74) is 2.23. The van der Waals surface area contributed by atoms with Crippen molar-refractivity contribution in [2.75, 3.05) is 12.5 Å². The molecule has 0 fully saturated rings. The number of halogens is 6. The van der Waals surface area contributed by atoms with Crippen molar-refractivity contribution in [2.24, 2.45) is 0 Å². The molecule has 0 amide bonds. The summed E-state index contributed by atoms with van der Waals surface area (Å²) in [6, 6.07) is 17.0. The molecule has 0 unspecified atom stereocenters. The van der Waals surface area contributed by atoms with Crippen molar-refractivity contribution in [2.45, 2.75) is 22.7 Å². The largest absolute Gasteiger partial charge is 0.416 e. The number of aromatic nitrogens is 10. The first kappa shape index (κ1) is 36.5. The molecule has 8 aromatic rings. The van der Waals surface area contributed by atoms with Gasteiger partial charge in [0.25, 0.3) is 0 Å². The summed E-state index contributed by atoms with van der Waals surface area (Å²) in [5, 5.41) is 1.11. The fourth-order valence-electron chi connectivity index (χ4n) is 5.50. The molecule has 0 N–H and O–H groups in total. The molecule has 0 bridgehead atoms. The number of benzene rings is 2. The summed E-state index contributed by atoms with van der Waals surface area (Å²) >= 11 is 2.75. The van der Waals surface area contributed by atoms with Gasteiger partial charge in [0.1, 0.15) is 17.1 Å². The van der Waals surface area contributed by atoms with E-state index in [4.69, 9.17) is 0 Å². The van der Waals surface area contributed by atoms with E-state index in [0.717, 1.165) is 24.3 Å². The summed E-state index contributed by atoms with van der Waals surface area (Å²) in [7, 11) is 0. The zero-order valence-electron chi connectivity index (χ0n) is 27.9. The van der Waals surface area contributed by atoms with Crippen LogP contribution in [-0.4, -0.2) is 61.2 Å². The molecule has 0 saturated carbocycles.